The van der Waals surface area contributed by atoms with Gasteiger partial charge in [-0.1, -0.05) is 6.07 Å². The summed E-state index contributed by atoms with van der Waals surface area (Å²) in [5, 5.41) is 5.07. The lowest BCUT2D eigenvalue weighted by Crippen LogP contribution is -2.20. The summed E-state index contributed by atoms with van der Waals surface area (Å²) in [6.07, 6.45) is 0. The summed E-state index contributed by atoms with van der Waals surface area (Å²) >= 11 is 3.05. The Morgan fingerprint density at radius 1 is 1.15 bits per heavy atom. The summed E-state index contributed by atoms with van der Waals surface area (Å²) in [5.74, 6) is -0.845. The summed E-state index contributed by atoms with van der Waals surface area (Å²) in [6.45, 7) is 1.67. The Bertz CT molecular complexity index is 662. The van der Waals surface area contributed by atoms with Crippen LogP contribution < -0.4 is 10.6 Å². The van der Waals surface area contributed by atoms with Gasteiger partial charge in [-0.15, -0.1) is 0 Å². The predicted molar refractivity (Wildman–Crippen MR) is 77.9 cm³/mol. The molecule has 0 radical (unpaired) electrons. The molecule has 2 rings (SSSR count). The van der Waals surface area contributed by atoms with Crippen LogP contribution in [-0.4, -0.2) is 6.03 Å². The van der Waals surface area contributed by atoms with E-state index in [0.717, 1.165) is 0 Å². The van der Waals surface area contributed by atoms with Crippen LogP contribution in [0.15, 0.2) is 40.9 Å². The highest BCUT2D eigenvalue weighted by molar-refractivity contribution is 9.10. The van der Waals surface area contributed by atoms with E-state index in [2.05, 4.69) is 26.6 Å². The van der Waals surface area contributed by atoms with Gasteiger partial charge in [-0.25, -0.2) is 13.6 Å². The molecule has 20 heavy (non-hydrogen) atoms. The van der Waals surface area contributed by atoms with Crippen molar-refractivity contribution in [2.24, 2.45) is 0 Å². The number of benzene rings is 2. The van der Waals surface area contributed by atoms with Gasteiger partial charge in [0.15, 0.2) is 0 Å². The van der Waals surface area contributed by atoms with Crippen molar-refractivity contribution in [1.82, 2.24) is 0 Å². The smallest absolute Gasteiger partial charge is 0.308 e. The van der Waals surface area contributed by atoms with Crippen molar-refractivity contribution in [2.45, 2.75) is 6.92 Å². The molecule has 3 nitrogen and oxygen atoms in total. The Labute approximate surface area is 123 Å². The predicted octanol–water partition coefficient (Wildman–Crippen LogP) is 4.68. The highest BCUT2D eigenvalue weighted by Crippen LogP contribution is 2.24. The van der Waals surface area contributed by atoms with Gasteiger partial charge in [0.1, 0.15) is 11.6 Å². The fraction of sp³-hybridized carbons (Fsp3) is 0.0714. The van der Waals surface area contributed by atoms with E-state index in [1.807, 2.05) is 0 Å². The van der Waals surface area contributed by atoms with Crippen LogP contribution >= 0.6 is 15.9 Å². The number of rotatable bonds is 2. The van der Waals surface area contributed by atoms with Crippen molar-refractivity contribution >= 4 is 33.3 Å². The first-order valence-electron chi connectivity index (χ1n) is 5.75. The molecule has 104 valence electrons. The molecule has 0 unspecified atom stereocenters. The minimum absolute atomic E-state index is 0.254. The van der Waals surface area contributed by atoms with Crippen molar-refractivity contribution < 1.29 is 13.6 Å². The van der Waals surface area contributed by atoms with E-state index in [0.29, 0.717) is 16.9 Å². The maximum atomic E-state index is 13.3. The average Bonchev–Trinajstić information content (AvgIpc) is 2.36. The lowest BCUT2D eigenvalue weighted by molar-refractivity contribution is 0.262. The van der Waals surface area contributed by atoms with Crippen molar-refractivity contribution in [3.05, 3.63) is 58.1 Å². The SMILES string of the molecule is Cc1cc(F)c(Br)cc1NC(=O)Nc1cccc(F)c1. The zero-order chi connectivity index (χ0) is 14.7. The number of carbonyl (C=O) groups is 1. The molecule has 0 fully saturated rings. The number of anilines is 2. The highest BCUT2D eigenvalue weighted by atomic mass is 79.9. The number of hydrogen-bond acceptors (Lipinski definition) is 1. The van der Waals surface area contributed by atoms with E-state index in [1.165, 1.54) is 30.3 Å². The second-order valence-corrected chi connectivity index (χ2v) is 5.03. The Morgan fingerprint density at radius 2 is 1.90 bits per heavy atom. The van der Waals surface area contributed by atoms with Crippen LogP contribution in [0, 0.1) is 18.6 Å². The molecule has 0 spiro atoms. The molecule has 2 N–H and O–H groups in total. The summed E-state index contributed by atoms with van der Waals surface area (Å²) in [7, 11) is 0. The van der Waals surface area contributed by atoms with Gasteiger partial charge in [-0.3, -0.25) is 0 Å². The molecule has 2 aromatic rings. The Hall–Kier alpha value is -1.95. The molecular weight excluding hydrogens is 330 g/mol. The van der Waals surface area contributed by atoms with E-state index in [1.54, 1.807) is 13.0 Å². The number of halogens is 3. The quantitative estimate of drug-likeness (QED) is 0.818. The Balaban J connectivity index is 2.10. The molecule has 0 aliphatic carbocycles. The van der Waals surface area contributed by atoms with Gasteiger partial charge in [-0.05, 0) is 58.7 Å². The molecular formula is C14H11BrF2N2O. The largest absolute Gasteiger partial charge is 0.323 e. The molecule has 0 heterocycles. The summed E-state index contributed by atoms with van der Waals surface area (Å²) < 4.78 is 26.5. The fourth-order valence-electron chi connectivity index (χ4n) is 1.63. The first-order chi connectivity index (χ1) is 9.45. The molecule has 6 heteroatoms. The van der Waals surface area contributed by atoms with Gasteiger partial charge in [0.2, 0.25) is 0 Å². The van der Waals surface area contributed by atoms with Crippen LogP contribution in [0.4, 0.5) is 25.0 Å². The van der Waals surface area contributed by atoms with E-state index in [4.69, 9.17) is 0 Å². The normalized spacial score (nSPS) is 10.2. The van der Waals surface area contributed by atoms with Crippen molar-refractivity contribution in [3.8, 4) is 0 Å². The summed E-state index contributed by atoms with van der Waals surface area (Å²) in [5.41, 5.74) is 1.38. The maximum Gasteiger partial charge on any atom is 0.323 e. The highest BCUT2D eigenvalue weighted by Gasteiger charge is 2.09. The van der Waals surface area contributed by atoms with Crippen LogP contribution in [-0.2, 0) is 0 Å². The third-order valence-electron chi connectivity index (χ3n) is 2.60. The van der Waals surface area contributed by atoms with Crippen LogP contribution in [0.5, 0.6) is 0 Å². The first-order valence-corrected chi connectivity index (χ1v) is 6.54. The third kappa shape index (κ3) is 3.54. The minimum atomic E-state index is -0.530. The number of hydrogen-bond donors (Lipinski definition) is 2. The standard InChI is InChI=1S/C14H11BrF2N2O/c1-8-5-12(17)11(15)7-13(8)19-14(20)18-10-4-2-3-9(16)6-10/h2-7H,1H3,(H2,18,19,20). The second kappa shape index (κ2) is 6.00. The topological polar surface area (TPSA) is 41.1 Å². The van der Waals surface area contributed by atoms with Crippen LogP contribution in [0.1, 0.15) is 5.56 Å². The minimum Gasteiger partial charge on any atom is -0.308 e. The zero-order valence-electron chi connectivity index (χ0n) is 10.5. The van der Waals surface area contributed by atoms with Gasteiger partial charge in [0, 0.05) is 11.4 Å². The van der Waals surface area contributed by atoms with E-state index < -0.39 is 17.7 Å². The van der Waals surface area contributed by atoms with Crippen LogP contribution in [0.3, 0.4) is 0 Å². The lowest BCUT2D eigenvalue weighted by atomic mass is 10.2. The van der Waals surface area contributed by atoms with Gasteiger partial charge < -0.3 is 10.6 Å². The van der Waals surface area contributed by atoms with Crippen molar-refractivity contribution in [3.63, 3.8) is 0 Å². The monoisotopic (exact) mass is 340 g/mol. The van der Waals surface area contributed by atoms with Gasteiger partial charge in [0.25, 0.3) is 0 Å². The molecule has 0 saturated heterocycles. The molecule has 2 amide bonds. The van der Waals surface area contributed by atoms with Crippen molar-refractivity contribution in [2.75, 3.05) is 10.6 Å². The molecule has 0 aliphatic rings. The summed E-state index contributed by atoms with van der Waals surface area (Å²) in [4.78, 5) is 11.8. The molecule has 0 bridgehead atoms. The van der Waals surface area contributed by atoms with Gasteiger partial charge in [-0.2, -0.15) is 0 Å². The summed E-state index contributed by atoms with van der Waals surface area (Å²) in [6, 6.07) is 7.78. The maximum absolute atomic E-state index is 13.3. The fourth-order valence-corrected chi connectivity index (χ4v) is 1.98. The van der Waals surface area contributed by atoms with Gasteiger partial charge >= 0.3 is 6.03 Å². The number of aryl methyl sites for hydroxylation is 1. The van der Waals surface area contributed by atoms with Gasteiger partial charge in [0.05, 0.1) is 4.47 Å². The first kappa shape index (κ1) is 14.5. The van der Waals surface area contributed by atoms with E-state index in [-0.39, 0.29) is 4.47 Å². The molecule has 0 atom stereocenters. The number of nitrogens with one attached hydrogen (secondary N) is 2. The number of urea groups is 1. The number of amides is 2. The number of carbonyl (C=O) groups excluding carboxylic acids is 1. The Morgan fingerprint density at radius 3 is 2.60 bits per heavy atom. The van der Waals surface area contributed by atoms with Crippen LogP contribution in [0.2, 0.25) is 0 Å². The molecule has 2 aromatic carbocycles. The zero-order valence-corrected chi connectivity index (χ0v) is 12.1. The van der Waals surface area contributed by atoms with Crippen LogP contribution in [0.25, 0.3) is 0 Å². The molecule has 0 aromatic heterocycles. The second-order valence-electron chi connectivity index (χ2n) is 4.17. The Kier molecular flexibility index (Phi) is 4.34. The van der Waals surface area contributed by atoms with Crippen molar-refractivity contribution in [1.29, 1.82) is 0 Å². The van der Waals surface area contributed by atoms with E-state index >= 15 is 0 Å². The van der Waals surface area contributed by atoms with E-state index in [9.17, 15) is 13.6 Å². The molecule has 0 aliphatic heterocycles. The molecule has 0 saturated carbocycles. The lowest BCUT2D eigenvalue weighted by Gasteiger charge is -2.11. The average molecular weight is 341 g/mol. The third-order valence-corrected chi connectivity index (χ3v) is 3.21.